The van der Waals surface area contributed by atoms with E-state index in [1.165, 1.54) is 0 Å². The van der Waals surface area contributed by atoms with E-state index in [4.69, 9.17) is 0 Å². The molecule has 0 bridgehead atoms. The van der Waals surface area contributed by atoms with Crippen molar-refractivity contribution in [3.05, 3.63) is 53.6 Å². The van der Waals surface area contributed by atoms with Crippen molar-refractivity contribution >= 4 is 11.6 Å². The number of hydrogen-bond acceptors (Lipinski definition) is 4. The Bertz CT molecular complexity index is 776. The molecule has 0 atom stereocenters. The molecular weight excluding hydrogens is 338 g/mol. The van der Waals surface area contributed by atoms with Crippen molar-refractivity contribution in [3.8, 4) is 0 Å². The molecular formula is C19H22F2N4O. The Kier molecular flexibility index (Phi) is 5.88. The molecule has 1 fully saturated rings. The van der Waals surface area contributed by atoms with E-state index in [9.17, 15) is 13.6 Å². The highest BCUT2D eigenvalue weighted by molar-refractivity contribution is 5.90. The van der Waals surface area contributed by atoms with E-state index in [1.807, 2.05) is 13.0 Å². The normalized spacial score (nSPS) is 15.8. The molecule has 0 saturated carbocycles. The van der Waals surface area contributed by atoms with Gasteiger partial charge in [-0.2, -0.15) is 0 Å². The Balaban J connectivity index is 1.45. The number of halogens is 2. The van der Waals surface area contributed by atoms with Crippen LogP contribution in [0.2, 0.25) is 0 Å². The molecule has 1 saturated heterocycles. The number of hydrogen-bond donors (Lipinski definition) is 1. The summed E-state index contributed by atoms with van der Waals surface area (Å²) in [5, 5.41) is 2.43. The first kappa shape index (κ1) is 18.4. The lowest BCUT2D eigenvalue weighted by atomic mass is 9.93. The molecule has 0 radical (unpaired) electrons. The number of benzene rings is 1. The molecule has 138 valence electrons. The molecule has 1 aliphatic heterocycles. The van der Waals surface area contributed by atoms with Crippen molar-refractivity contribution in [1.82, 2.24) is 14.9 Å². The van der Waals surface area contributed by atoms with Gasteiger partial charge >= 0.3 is 0 Å². The van der Waals surface area contributed by atoms with Crippen LogP contribution in [-0.4, -0.2) is 40.4 Å². The van der Waals surface area contributed by atoms with Crippen LogP contribution in [0.4, 0.5) is 14.5 Å². The fourth-order valence-corrected chi connectivity index (χ4v) is 3.22. The summed E-state index contributed by atoms with van der Waals surface area (Å²) >= 11 is 0. The van der Waals surface area contributed by atoms with Crippen LogP contribution in [0.25, 0.3) is 0 Å². The zero-order chi connectivity index (χ0) is 18.5. The van der Waals surface area contributed by atoms with E-state index in [0.717, 1.165) is 55.6 Å². The van der Waals surface area contributed by atoms with Crippen molar-refractivity contribution in [2.45, 2.75) is 32.1 Å². The van der Waals surface area contributed by atoms with Gasteiger partial charge in [-0.15, -0.1) is 0 Å². The predicted octanol–water partition coefficient (Wildman–Crippen LogP) is 3.27. The minimum absolute atomic E-state index is 0.118. The van der Waals surface area contributed by atoms with Crippen LogP contribution in [0.15, 0.2) is 30.5 Å². The van der Waals surface area contributed by atoms with Gasteiger partial charge in [-0.25, -0.2) is 18.7 Å². The Labute approximate surface area is 151 Å². The molecule has 1 amide bonds. The summed E-state index contributed by atoms with van der Waals surface area (Å²) < 4.78 is 26.7. The standard InChI is InChI=1S/C19H22F2N4O/c1-13-22-8-4-17(23-13)14-5-9-25(10-6-14)11-7-19(26)24-18-12-15(20)2-3-16(18)21/h2-4,8,12,14H,5-7,9-11H2,1H3,(H,24,26). The monoisotopic (exact) mass is 360 g/mol. The number of carbonyl (C=O) groups is 1. The molecule has 1 aromatic heterocycles. The van der Waals surface area contributed by atoms with Crippen LogP contribution in [-0.2, 0) is 4.79 Å². The first-order valence-electron chi connectivity index (χ1n) is 8.78. The summed E-state index contributed by atoms with van der Waals surface area (Å²) in [6.07, 6.45) is 4.00. The smallest absolute Gasteiger partial charge is 0.225 e. The van der Waals surface area contributed by atoms with Gasteiger partial charge in [0, 0.05) is 36.8 Å². The van der Waals surface area contributed by atoms with E-state index in [2.05, 4.69) is 20.2 Å². The molecule has 0 spiro atoms. The molecule has 2 aromatic rings. The number of aromatic nitrogens is 2. The molecule has 0 aliphatic carbocycles. The summed E-state index contributed by atoms with van der Waals surface area (Å²) in [6.45, 7) is 4.25. The van der Waals surface area contributed by atoms with Crippen molar-refractivity contribution in [2.24, 2.45) is 0 Å². The highest BCUT2D eigenvalue weighted by Gasteiger charge is 2.22. The first-order chi connectivity index (χ1) is 12.5. The molecule has 26 heavy (non-hydrogen) atoms. The largest absolute Gasteiger partial charge is 0.323 e. The molecule has 2 heterocycles. The number of aryl methyl sites for hydroxylation is 1. The van der Waals surface area contributed by atoms with Gasteiger partial charge in [0.25, 0.3) is 0 Å². The summed E-state index contributed by atoms with van der Waals surface area (Å²) in [4.78, 5) is 22.8. The molecule has 5 nitrogen and oxygen atoms in total. The van der Waals surface area contributed by atoms with Crippen LogP contribution in [0.5, 0.6) is 0 Å². The second-order valence-corrected chi connectivity index (χ2v) is 6.57. The summed E-state index contributed by atoms with van der Waals surface area (Å²) in [6, 6.07) is 4.98. The zero-order valence-corrected chi connectivity index (χ0v) is 14.7. The van der Waals surface area contributed by atoms with Crippen LogP contribution < -0.4 is 5.32 Å². The number of nitrogens with one attached hydrogen (secondary N) is 1. The average Bonchev–Trinajstić information content (AvgIpc) is 2.63. The highest BCUT2D eigenvalue weighted by Crippen LogP contribution is 2.26. The second-order valence-electron chi connectivity index (χ2n) is 6.57. The van der Waals surface area contributed by atoms with Gasteiger partial charge in [-0.3, -0.25) is 4.79 Å². The van der Waals surface area contributed by atoms with Crippen LogP contribution >= 0.6 is 0 Å². The lowest BCUT2D eigenvalue weighted by Gasteiger charge is -2.31. The van der Waals surface area contributed by atoms with Crippen LogP contribution in [0.1, 0.15) is 36.7 Å². The summed E-state index contributed by atoms with van der Waals surface area (Å²) in [7, 11) is 0. The first-order valence-corrected chi connectivity index (χ1v) is 8.78. The number of nitrogens with zero attached hydrogens (tertiary/aromatic N) is 3. The minimum Gasteiger partial charge on any atom is -0.323 e. The van der Waals surface area contributed by atoms with E-state index < -0.39 is 11.6 Å². The van der Waals surface area contributed by atoms with Gasteiger partial charge in [0.1, 0.15) is 17.5 Å². The Morgan fingerprint density at radius 2 is 2.04 bits per heavy atom. The van der Waals surface area contributed by atoms with Gasteiger partial charge in [0.05, 0.1) is 5.69 Å². The number of amides is 1. The van der Waals surface area contributed by atoms with Gasteiger partial charge in [-0.05, 0) is 51.1 Å². The van der Waals surface area contributed by atoms with Gasteiger partial charge in [0.15, 0.2) is 0 Å². The fraction of sp³-hybridized carbons (Fsp3) is 0.421. The molecule has 1 aromatic carbocycles. The Morgan fingerprint density at radius 3 is 2.77 bits per heavy atom. The van der Waals surface area contributed by atoms with E-state index in [1.54, 1.807) is 6.20 Å². The predicted molar refractivity (Wildman–Crippen MR) is 94.8 cm³/mol. The van der Waals surface area contributed by atoms with Crippen molar-refractivity contribution < 1.29 is 13.6 Å². The Hall–Kier alpha value is -2.41. The summed E-state index contributed by atoms with van der Waals surface area (Å²) in [5.41, 5.74) is 0.962. The molecule has 1 N–H and O–H groups in total. The lowest BCUT2D eigenvalue weighted by Crippen LogP contribution is -2.35. The minimum atomic E-state index is -0.638. The van der Waals surface area contributed by atoms with Gasteiger partial charge < -0.3 is 10.2 Å². The number of anilines is 1. The van der Waals surface area contributed by atoms with Gasteiger partial charge in [0.2, 0.25) is 5.91 Å². The molecule has 3 rings (SSSR count). The second kappa shape index (κ2) is 8.31. The fourth-order valence-electron chi connectivity index (χ4n) is 3.22. The van der Waals surface area contributed by atoms with Gasteiger partial charge in [-0.1, -0.05) is 0 Å². The number of rotatable bonds is 5. The highest BCUT2D eigenvalue weighted by atomic mass is 19.1. The third-order valence-corrected chi connectivity index (χ3v) is 4.66. The third-order valence-electron chi connectivity index (χ3n) is 4.66. The van der Waals surface area contributed by atoms with Crippen molar-refractivity contribution in [1.29, 1.82) is 0 Å². The van der Waals surface area contributed by atoms with Crippen molar-refractivity contribution in [3.63, 3.8) is 0 Å². The number of piperidine rings is 1. The van der Waals surface area contributed by atoms with E-state index in [0.29, 0.717) is 12.5 Å². The topological polar surface area (TPSA) is 58.1 Å². The summed E-state index contributed by atoms with van der Waals surface area (Å²) in [5.74, 6) is -0.332. The zero-order valence-electron chi connectivity index (χ0n) is 14.7. The lowest BCUT2D eigenvalue weighted by molar-refractivity contribution is -0.116. The van der Waals surface area contributed by atoms with E-state index in [-0.39, 0.29) is 18.0 Å². The molecule has 7 heteroatoms. The molecule has 0 unspecified atom stereocenters. The Morgan fingerprint density at radius 1 is 1.27 bits per heavy atom. The third kappa shape index (κ3) is 4.82. The maximum absolute atomic E-state index is 13.6. The average molecular weight is 360 g/mol. The van der Waals surface area contributed by atoms with E-state index >= 15 is 0 Å². The van der Waals surface area contributed by atoms with Crippen molar-refractivity contribution in [2.75, 3.05) is 25.0 Å². The molecule has 1 aliphatic rings. The maximum Gasteiger partial charge on any atom is 0.225 e. The maximum atomic E-state index is 13.6. The van der Waals surface area contributed by atoms with Crippen LogP contribution in [0.3, 0.4) is 0 Å². The number of carbonyl (C=O) groups excluding carboxylic acids is 1. The van der Waals surface area contributed by atoms with Crippen LogP contribution in [0, 0.1) is 18.6 Å². The quantitative estimate of drug-likeness (QED) is 0.889. The SMILES string of the molecule is Cc1nccc(C2CCN(CCC(=O)Nc3cc(F)ccc3F)CC2)n1. The number of likely N-dealkylation sites (tertiary alicyclic amines) is 1.